The summed E-state index contributed by atoms with van der Waals surface area (Å²) in [5, 5.41) is 23.2. The highest BCUT2D eigenvalue weighted by molar-refractivity contribution is 7.85. The van der Waals surface area contributed by atoms with E-state index in [1.165, 1.54) is 70.3 Å². The van der Waals surface area contributed by atoms with Crippen molar-refractivity contribution in [2.75, 3.05) is 5.75 Å². The minimum absolute atomic E-state index is 0.260. The van der Waals surface area contributed by atoms with E-state index in [2.05, 4.69) is 55.6 Å². The number of hydrogen-bond acceptors (Lipinski definition) is 5. The van der Waals surface area contributed by atoms with Crippen molar-refractivity contribution in [1.29, 1.82) is 0 Å². The Balaban J connectivity index is 4.20. The van der Waals surface area contributed by atoms with Crippen LogP contribution in [0, 0.1) is 0 Å². The lowest BCUT2D eigenvalue weighted by molar-refractivity contribution is -0.130. The van der Waals surface area contributed by atoms with Crippen molar-refractivity contribution in [2.45, 2.75) is 173 Å². The maximum Gasteiger partial charge on any atom is 0.267 e. The Morgan fingerprint density at radius 2 is 1.07 bits per heavy atom. The molecule has 0 saturated carbocycles. The van der Waals surface area contributed by atoms with Crippen molar-refractivity contribution < 1.29 is 28.0 Å². The molecule has 0 aromatic carbocycles. The Kier molecular flexibility index (Phi) is 29.7. The molecule has 0 aromatic heterocycles. The fraction of sp³-hybridized carbons (Fsp3) is 0.757. The molecule has 45 heavy (non-hydrogen) atoms. The molecule has 0 heterocycles. The molecule has 3 atom stereocenters. The molecule has 0 bridgehead atoms. The molecule has 4 N–H and O–H groups in total. The molecular weight excluding hydrogens is 586 g/mol. The van der Waals surface area contributed by atoms with Gasteiger partial charge in [0.15, 0.2) is 0 Å². The molecule has 0 saturated heterocycles. The summed E-state index contributed by atoms with van der Waals surface area (Å²) in [7, 11) is -4.45. The molecule has 262 valence electrons. The second kappa shape index (κ2) is 30.9. The Labute approximate surface area is 276 Å². The lowest BCUT2D eigenvalue weighted by Gasteiger charge is -2.22. The zero-order chi connectivity index (χ0) is 33.4. The minimum Gasteiger partial charge on any atom is -0.387 e. The third kappa shape index (κ3) is 30.7. The van der Waals surface area contributed by atoms with Gasteiger partial charge < -0.3 is 15.5 Å². The van der Waals surface area contributed by atoms with Crippen molar-refractivity contribution in [1.82, 2.24) is 5.32 Å². The van der Waals surface area contributed by atoms with Crippen molar-refractivity contribution in [3.8, 4) is 0 Å². The first-order valence-corrected chi connectivity index (χ1v) is 19.6. The van der Waals surface area contributed by atoms with Crippen LogP contribution in [0.25, 0.3) is 0 Å². The van der Waals surface area contributed by atoms with E-state index in [0.717, 1.165) is 57.8 Å². The molecule has 0 radical (unpaired) electrons. The summed E-state index contributed by atoms with van der Waals surface area (Å²) in [6, 6.07) is -1.25. The maximum absolute atomic E-state index is 12.5. The van der Waals surface area contributed by atoms with Crippen LogP contribution in [0.15, 0.2) is 48.6 Å². The normalized spacial score (nSPS) is 14.7. The molecule has 7 nitrogen and oxygen atoms in total. The topological polar surface area (TPSA) is 124 Å². The van der Waals surface area contributed by atoms with Crippen LogP contribution in [-0.2, 0) is 14.9 Å². The van der Waals surface area contributed by atoms with E-state index in [1.54, 1.807) is 6.08 Å². The number of carbonyl (C=O) groups excluding carboxylic acids is 1. The summed E-state index contributed by atoms with van der Waals surface area (Å²) in [5.74, 6) is -1.57. The molecule has 0 aromatic rings. The quantitative estimate of drug-likeness (QED) is 0.0336. The first-order chi connectivity index (χ1) is 21.7. The van der Waals surface area contributed by atoms with Crippen molar-refractivity contribution in [3.05, 3.63) is 48.6 Å². The summed E-state index contributed by atoms with van der Waals surface area (Å²) in [6.07, 6.45) is 37.3. The molecular formula is C37H67NO6S. The fourth-order valence-electron chi connectivity index (χ4n) is 5.03. The Bertz CT molecular complexity index is 912. The summed E-state index contributed by atoms with van der Waals surface area (Å²) in [5.41, 5.74) is 0. The number of nitrogens with one attached hydrogen (secondary N) is 1. The van der Waals surface area contributed by atoms with Crippen LogP contribution in [-0.4, -0.2) is 53.1 Å². The third-order valence-corrected chi connectivity index (χ3v) is 8.62. The van der Waals surface area contributed by atoms with Gasteiger partial charge in [-0.05, 0) is 64.2 Å². The molecule has 8 heteroatoms. The summed E-state index contributed by atoms with van der Waals surface area (Å²) in [4.78, 5) is 12.5. The lowest BCUT2D eigenvalue weighted by atomic mass is 10.0. The van der Waals surface area contributed by atoms with E-state index in [0.29, 0.717) is 12.8 Å². The highest BCUT2D eigenvalue weighted by atomic mass is 32.2. The maximum atomic E-state index is 12.5. The largest absolute Gasteiger partial charge is 0.387 e. The number of allylic oxidation sites excluding steroid dienone is 7. The van der Waals surface area contributed by atoms with Crippen molar-refractivity contribution in [3.63, 3.8) is 0 Å². The first kappa shape index (κ1) is 43.3. The average Bonchev–Trinajstić information content (AvgIpc) is 3.00. The van der Waals surface area contributed by atoms with Crippen LogP contribution in [0.4, 0.5) is 0 Å². The second-order valence-electron chi connectivity index (χ2n) is 12.3. The average molecular weight is 654 g/mol. The summed E-state index contributed by atoms with van der Waals surface area (Å²) < 4.78 is 32.3. The highest BCUT2D eigenvalue weighted by Crippen LogP contribution is 2.12. The Morgan fingerprint density at radius 3 is 1.64 bits per heavy atom. The first-order valence-electron chi connectivity index (χ1n) is 17.9. The second-order valence-corrected chi connectivity index (χ2v) is 13.8. The standard InChI is InChI=1S/C37H67NO6S/c1-3-5-7-9-11-13-15-17-18-19-20-22-24-26-28-30-32-36(40)37(41)38-34(33-45(42,43)44)35(39)31-29-27-25-23-21-16-14-12-10-8-6-4-2/h11,13,17-18,21,23,29,31,34-36,39-40H,3-10,12,14-16,19-20,22,24-28,30,32-33H2,1-2H3,(H,38,41)(H,42,43,44)/b13-11-,18-17-,23-21+,31-29+. The van der Waals surface area contributed by atoms with E-state index < -0.39 is 40.0 Å². The lowest BCUT2D eigenvalue weighted by Crippen LogP contribution is -2.50. The molecule has 0 rings (SSSR count). The van der Waals surface area contributed by atoms with Crippen LogP contribution in [0.1, 0.15) is 155 Å². The molecule has 1 amide bonds. The van der Waals surface area contributed by atoms with Crippen LogP contribution in [0.2, 0.25) is 0 Å². The van der Waals surface area contributed by atoms with E-state index in [1.807, 2.05) is 0 Å². The van der Waals surface area contributed by atoms with Gasteiger partial charge in [0.05, 0.1) is 17.9 Å². The van der Waals surface area contributed by atoms with Crippen LogP contribution < -0.4 is 5.32 Å². The SMILES string of the molecule is CCCCC/C=C\C/C=C\CCCCCCCCC(O)C(=O)NC(CS(=O)(=O)O)C(O)/C=C/CC/C=C/CCCCCCCC. The molecule has 0 spiro atoms. The fourth-order valence-corrected chi connectivity index (χ4v) is 5.76. The Morgan fingerprint density at radius 1 is 0.622 bits per heavy atom. The minimum atomic E-state index is -4.45. The van der Waals surface area contributed by atoms with E-state index in [4.69, 9.17) is 0 Å². The zero-order valence-electron chi connectivity index (χ0n) is 28.6. The monoisotopic (exact) mass is 653 g/mol. The summed E-state index contributed by atoms with van der Waals surface area (Å²) in [6.45, 7) is 4.44. The zero-order valence-corrected chi connectivity index (χ0v) is 29.4. The van der Waals surface area contributed by atoms with E-state index in [-0.39, 0.29) is 6.42 Å². The van der Waals surface area contributed by atoms with Crippen molar-refractivity contribution >= 4 is 16.0 Å². The molecule has 3 unspecified atom stereocenters. The number of aliphatic hydroxyl groups is 2. The number of unbranched alkanes of at least 4 members (excludes halogenated alkanes) is 16. The van der Waals surface area contributed by atoms with Crippen LogP contribution in [0.3, 0.4) is 0 Å². The number of carbonyl (C=O) groups is 1. The van der Waals surface area contributed by atoms with E-state index in [9.17, 15) is 28.0 Å². The van der Waals surface area contributed by atoms with Gasteiger partial charge in [0.25, 0.3) is 10.1 Å². The van der Waals surface area contributed by atoms with Gasteiger partial charge in [0.1, 0.15) is 6.10 Å². The van der Waals surface area contributed by atoms with E-state index >= 15 is 0 Å². The van der Waals surface area contributed by atoms with Gasteiger partial charge in [0.2, 0.25) is 5.91 Å². The van der Waals surface area contributed by atoms with Crippen LogP contribution in [0.5, 0.6) is 0 Å². The van der Waals surface area contributed by atoms with Gasteiger partial charge in [0, 0.05) is 0 Å². The highest BCUT2D eigenvalue weighted by Gasteiger charge is 2.27. The van der Waals surface area contributed by atoms with Gasteiger partial charge in [-0.1, -0.05) is 140 Å². The van der Waals surface area contributed by atoms with Gasteiger partial charge >= 0.3 is 0 Å². The third-order valence-electron chi connectivity index (χ3n) is 7.84. The van der Waals surface area contributed by atoms with Gasteiger partial charge in [-0.25, -0.2) is 0 Å². The van der Waals surface area contributed by atoms with Gasteiger partial charge in [-0.15, -0.1) is 0 Å². The molecule has 0 aliphatic heterocycles. The number of hydrogen-bond donors (Lipinski definition) is 4. The summed E-state index contributed by atoms with van der Waals surface area (Å²) >= 11 is 0. The Hall–Kier alpha value is -1.74. The number of aliphatic hydroxyl groups excluding tert-OH is 2. The van der Waals surface area contributed by atoms with Crippen LogP contribution >= 0.6 is 0 Å². The number of rotatable bonds is 31. The van der Waals surface area contributed by atoms with Crippen molar-refractivity contribution in [2.24, 2.45) is 0 Å². The molecule has 0 fully saturated rings. The smallest absolute Gasteiger partial charge is 0.267 e. The van der Waals surface area contributed by atoms with Gasteiger partial charge in [-0.3, -0.25) is 9.35 Å². The number of amides is 1. The predicted octanol–water partition coefficient (Wildman–Crippen LogP) is 8.93. The predicted molar refractivity (Wildman–Crippen MR) is 190 cm³/mol. The molecule has 0 aliphatic carbocycles. The molecule has 0 aliphatic rings. The van der Waals surface area contributed by atoms with Gasteiger partial charge in [-0.2, -0.15) is 8.42 Å².